The molecule has 1 aromatic carbocycles. The number of morpholine rings is 1. The van der Waals surface area contributed by atoms with E-state index in [2.05, 4.69) is 18.7 Å². The van der Waals surface area contributed by atoms with Gasteiger partial charge in [0.25, 0.3) is 5.56 Å². The SMILES string of the molecule is CC1CN(CCOc2ccn3nc(-c4ccccc4)c(-c4ccc(=O)n(C(C)C)n4)c3c2)CC(C)O1. The summed E-state index contributed by atoms with van der Waals surface area (Å²) in [6, 6.07) is 17.3. The highest BCUT2D eigenvalue weighted by Crippen LogP contribution is 2.35. The standard InChI is InChI=1S/C28H33N5O3/c1-19(2)33-26(34)11-10-24(29-33)27-25-16-23(35-15-14-31-17-20(3)36-21(4)18-31)12-13-32(25)30-28(27)22-8-6-5-7-9-22/h5-13,16,19-21H,14-15,17-18H2,1-4H3. The summed E-state index contributed by atoms with van der Waals surface area (Å²) in [5, 5.41) is 9.59. The van der Waals surface area contributed by atoms with Crippen LogP contribution in [-0.2, 0) is 4.74 Å². The largest absolute Gasteiger partial charge is 0.492 e. The third kappa shape index (κ3) is 5.05. The Bertz CT molecular complexity index is 1390. The number of fused-ring (bicyclic) bond motifs is 1. The summed E-state index contributed by atoms with van der Waals surface area (Å²) in [5.41, 5.74) is 4.12. The highest BCUT2D eigenvalue weighted by Gasteiger charge is 2.22. The number of benzene rings is 1. The van der Waals surface area contributed by atoms with Crippen molar-refractivity contribution in [3.63, 3.8) is 0 Å². The molecule has 2 unspecified atom stereocenters. The van der Waals surface area contributed by atoms with E-state index in [0.717, 1.165) is 47.7 Å². The fraction of sp³-hybridized carbons (Fsp3) is 0.393. The molecule has 0 aliphatic carbocycles. The van der Waals surface area contributed by atoms with Crippen LogP contribution in [0.15, 0.2) is 65.6 Å². The normalized spacial score (nSPS) is 18.7. The lowest BCUT2D eigenvalue weighted by Gasteiger charge is -2.35. The number of hydrogen-bond acceptors (Lipinski definition) is 6. The monoisotopic (exact) mass is 487 g/mol. The van der Waals surface area contributed by atoms with E-state index in [-0.39, 0.29) is 23.8 Å². The van der Waals surface area contributed by atoms with Crippen LogP contribution >= 0.6 is 0 Å². The van der Waals surface area contributed by atoms with Crippen LogP contribution in [0.3, 0.4) is 0 Å². The molecular weight excluding hydrogens is 454 g/mol. The van der Waals surface area contributed by atoms with Gasteiger partial charge in [-0.25, -0.2) is 9.20 Å². The minimum absolute atomic E-state index is 0.0519. The molecule has 4 heterocycles. The van der Waals surface area contributed by atoms with Gasteiger partial charge in [0.2, 0.25) is 0 Å². The predicted molar refractivity (Wildman–Crippen MR) is 140 cm³/mol. The van der Waals surface area contributed by atoms with Crippen molar-refractivity contribution in [2.75, 3.05) is 26.2 Å². The molecule has 1 fully saturated rings. The molecular formula is C28H33N5O3. The summed E-state index contributed by atoms with van der Waals surface area (Å²) in [7, 11) is 0. The maximum atomic E-state index is 12.4. The van der Waals surface area contributed by atoms with Crippen LogP contribution in [0, 0.1) is 0 Å². The molecule has 0 N–H and O–H groups in total. The van der Waals surface area contributed by atoms with E-state index in [1.807, 2.05) is 67.0 Å². The van der Waals surface area contributed by atoms with Crippen molar-refractivity contribution in [2.24, 2.45) is 0 Å². The smallest absolute Gasteiger partial charge is 0.267 e. The molecule has 4 aromatic rings. The van der Waals surface area contributed by atoms with E-state index >= 15 is 0 Å². The lowest BCUT2D eigenvalue weighted by Crippen LogP contribution is -2.46. The van der Waals surface area contributed by atoms with E-state index in [1.54, 1.807) is 12.1 Å². The van der Waals surface area contributed by atoms with Crippen LogP contribution in [0.25, 0.3) is 28.0 Å². The van der Waals surface area contributed by atoms with E-state index in [9.17, 15) is 4.79 Å². The van der Waals surface area contributed by atoms with Gasteiger partial charge in [-0.2, -0.15) is 10.2 Å². The van der Waals surface area contributed by atoms with Crippen LogP contribution in [0.4, 0.5) is 0 Å². The molecule has 0 amide bonds. The first-order valence-electron chi connectivity index (χ1n) is 12.6. The summed E-state index contributed by atoms with van der Waals surface area (Å²) in [6.07, 6.45) is 2.38. The number of hydrogen-bond donors (Lipinski definition) is 0. The van der Waals surface area contributed by atoms with Gasteiger partial charge >= 0.3 is 0 Å². The van der Waals surface area contributed by atoms with Crippen molar-refractivity contribution >= 4 is 5.52 Å². The molecule has 188 valence electrons. The number of nitrogens with zero attached hydrogens (tertiary/aromatic N) is 5. The Morgan fingerprint density at radius 1 is 1.03 bits per heavy atom. The Morgan fingerprint density at radius 2 is 1.78 bits per heavy atom. The van der Waals surface area contributed by atoms with Gasteiger partial charge in [-0.15, -0.1) is 0 Å². The maximum Gasteiger partial charge on any atom is 0.267 e. The van der Waals surface area contributed by atoms with Gasteiger partial charge in [-0.05, 0) is 39.8 Å². The van der Waals surface area contributed by atoms with Gasteiger partial charge in [0, 0.05) is 43.5 Å². The Balaban J connectivity index is 1.50. The van der Waals surface area contributed by atoms with Crippen LogP contribution in [0.5, 0.6) is 5.75 Å². The van der Waals surface area contributed by atoms with E-state index in [4.69, 9.17) is 19.7 Å². The molecule has 0 bridgehead atoms. The van der Waals surface area contributed by atoms with Crippen LogP contribution in [-0.4, -0.2) is 62.7 Å². The summed E-state index contributed by atoms with van der Waals surface area (Å²) >= 11 is 0. The zero-order valence-electron chi connectivity index (χ0n) is 21.3. The molecule has 1 aliphatic rings. The molecule has 2 atom stereocenters. The zero-order valence-corrected chi connectivity index (χ0v) is 21.3. The summed E-state index contributed by atoms with van der Waals surface area (Å²) in [4.78, 5) is 14.8. The second kappa shape index (κ2) is 10.2. The second-order valence-corrected chi connectivity index (χ2v) is 9.74. The molecule has 0 radical (unpaired) electrons. The molecule has 8 nitrogen and oxygen atoms in total. The third-order valence-corrected chi connectivity index (χ3v) is 6.40. The second-order valence-electron chi connectivity index (χ2n) is 9.74. The molecule has 1 saturated heterocycles. The summed E-state index contributed by atoms with van der Waals surface area (Å²) in [6.45, 7) is 11.4. The van der Waals surface area contributed by atoms with Crippen molar-refractivity contribution in [3.05, 3.63) is 71.1 Å². The molecule has 8 heteroatoms. The Labute approximate surface area is 211 Å². The third-order valence-electron chi connectivity index (χ3n) is 6.40. The first-order chi connectivity index (χ1) is 17.4. The average Bonchev–Trinajstić information content (AvgIpc) is 3.23. The number of rotatable bonds is 7. The number of ether oxygens (including phenoxy) is 2. The highest BCUT2D eigenvalue weighted by molar-refractivity contribution is 5.91. The Morgan fingerprint density at radius 3 is 2.50 bits per heavy atom. The minimum Gasteiger partial charge on any atom is -0.492 e. The van der Waals surface area contributed by atoms with Gasteiger partial charge in [0.05, 0.1) is 35.0 Å². The van der Waals surface area contributed by atoms with Gasteiger partial charge in [-0.1, -0.05) is 30.3 Å². The topological polar surface area (TPSA) is 73.9 Å². The minimum atomic E-state index is -0.123. The van der Waals surface area contributed by atoms with Gasteiger partial charge < -0.3 is 9.47 Å². The van der Waals surface area contributed by atoms with Crippen molar-refractivity contribution in [2.45, 2.75) is 45.9 Å². The lowest BCUT2D eigenvalue weighted by molar-refractivity contribution is -0.0699. The number of aromatic nitrogens is 4. The van der Waals surface area contributed by atoms with Crippen molar-refractivity contribution in [1.82, 2.24) is 24.3 Å². The summed E-state index contributed by atoms with van der Waals surface area (Å²) < 4.78 is 15.4. The van der Waals surface area contributed by atoms with Crippen LogP contribution in [0.1, 0.15) is 33.7 Å². The van der Waals surface area contributed by atoms with Gasteiger partial charge in [0.15, 0.2) is 0 Å². The molecule has 3 aromatic heterocycles. The predicted octanol–water partition coefficient (Wildman–Crippen LogP) is 4.29. The fourth-order valence-electron chi connectivity index (χ4n) is 4.85. The van der Waals surface area contributed by atoms with E-state index < -0.39 is 0 Å². The lowest BCUT2D eigenvalue weighted by atomic mass is 10.0. The van der Waals surface area contributed by atoms with E-state index in [1.165, 1.54) is 4.68 Å². The Hall–Kier alpha value is -3.49. The quantitative estimate of drug-likeness (QED) is 0.387. The van der Waals surface area contributed by atoms with Crippen LogP contribution in [0.2, 0.25) is 0 Å². The molecule has 36 heavy (non-hydrogen) atoms. The fourth-order valence-corrected chi connectivity index (χ4v) is 4.85. The van der Waals surface area contributed by atoms with Crippen molar-refractivity contribution in [1.29, 1.82) is 0 Å². The van der Waals surface area contributed by atoms with Crippen LogP contribution < -0.4 is 10.3 Å². The van der Waals surface area contributed by atoms with Gasteiger partial charge in [-0.3, -0.25) is 9.69 Å². The zero-order chi connectivity index (χ0) is 25.2. The van der Waals surface area contributed by atoms with Gasteiger partial charge in [0.1, 0.15) is 18.1 Å². The molecule has 1 aliphatic heterocycles. The summed E-state index contributed by atoms with van der Waals surface area (Å²) in [5.74, 6) is 0.773. The maximum absolute atomic E-state index is 12.4. The first-order valence-corrected chi connectivity index (χ1v) is 12.6. The van der Waals surface area contributed by atoms with Crippen molar-refractivity contribution < 1.29 is 9.47 Å². The molecule has 0 spiro atoms. The first kappa shape index (κ1) is 24.2. The number of pyridine rings is 1. The van der Waals surface area contributed by atoms with Crippen molar-refractivity contribution in [3.8, 4) is 28.3 Å². The average molecular weight is 488 g/mol. The molecule has 0 saturated carbocycles. The Kier molecular flexibility index (Phi) is 6.89. The van der Waals surface area contributed by atoms with E-state index in [0.29, 0.717) is 12.3 Å². The highest BCUT2D eigenvalue weighted by atomic mass is 16.5. The molecule has 5 rings (SSSR count).